The van der Waals surface area contributed by atoms with Gasteiger partial charge in [-0.1, -0.05) is 41.9 Å². The molecule has 1 heterocycles. The third kappa shape index (κ3) is 3.25. The van der Waals surface area contributed by atoms with Gasteiger partial charge in [-0.15, -0.1) is 0 Å². The highest BCUT2D eigenvalue weighted by molar-refractivity contribution is 6.30. The van der Waals surface area contributed by atoms with Crippen molar-refractivity contribution in [3.8, 4) is 0 Å². The molecular formula is C15H18ClN3O2. The Bertz CT molecular complexity index is 600. The Morgan fingerprint density at radius 1 is 1.43 bits per heavy atom. The second-order valence-corrected chi connectivity index (χ2v) is 5.03. The van der Waals surface area contributed by atoms with Crippen LogP contribution in [0.25, 0.3) is 0 Å². The van der Waals surface area contributed by atoms with E-state index >= 15 is 0 Å². The largest absolute Gasteiger partial charge is 0.464 e. The van der Waals surface area contributed by atoms with Gasteiger partial charge >= 0.3 is 5.97 Å². The molecule has 0 fully saturated rings. The van der Waals surface area contributed by atoms with Crippen LogP contribution in [0, 0.1) is 0 Å². The lowest BCUT2D eigenvalue weighted by molar-refractivity contribution is -0.152. The maximum atomic E-state index is 12.5. The summed E-state index contributed by atoms with van der Waals surface area (Å²) in [7, 11) is 1.73. The van der Waals surface area contributed by atoms with Crippen molar-refractivity contribution in [2.75, 3.05) is 13.7 Å². The van der Waals surface area contributed by atoms with Gasteiger partial charge in [-0.25, -0.2) is 4.79 Å². The third-order valence-electron chi connectivity index (χ3n) is 3.32. The second-order valence-electron chi connectivity index (χ2n) is 4.60. The normalized spacial score (nSPS) is 13.7. The number of hydrogen-bond donors (Lipinski definition) is 1. The van der Waals surface area contributed by atoms with Gasteiger partial charge in [0.15, 0.2) is 5.54 Å². The molecule has 0 saturated carbocycles. The molecule has 5 nitrogen and oxygen atoms in total. The van der Waals surface area contributed by atoms with E-state index in [4.69, 9.17) is 16.3 Å². The Morgan fingerprint density at radius 2 is 2.14 bits per heavy atom. The summed E-state index contributed by atoms with van der Waals surface area (Å²) in [6.45, 7) is 2.39. The number of carbonyl (C=O) groups is 1. The summed E-state index contributed by atoms with van der Waals surface area (Å²) >= 11 is 5.90. The van der Waals surface area contributed by atoms with Crippen LogP contribution in [-0.4, -0.2) is 29.4 Å². The van der Waals surface area contributed by atoms with Crippen molar-refractivity contribution >= 4 is 17.6 Å². The molecule has 1 unspecified atom stereocenters. The fourth-order valence-electron chi connectivity index (χ4n) is 2.24. The summed E-state index contributed by atoms with van der Waals surface area (Å²) < 4.78 is 6.88. The molecule has 6 heteroatoms. The number of aromatic nitrogens is 2. The minimum absolute atomic E-state index is 0.291. The van der Waals surface area contributed by atoms with Crippen molar-refractivity contribution in [3.05, 3.63) is 53.3 Å². The summed E-state index contributed by atoms with van der Waals surface area (Å²) in [5, 5.41) is 7.77. The zero-order chi connectivity index (χ0) is 15.3. The molecule has 0 radical (unpaired) electrons. The van der Waals surface area contributed by atoms with Gasteiger partial charge in [-0.05, 0) is 19.5 Å². The van der Waals surface area contributed by atoms with Gasteiger partial charge in [0, 0.05) is 6.20 Å². The topological polar surface area (TPSA) is 56.2 Å². The number of nitrogens with zero attached hydrogens (tertiary/aromatic N) is 2. The second kappa shape index (κ2) is 6.74. The minimum Gasteiger partial charge on any atom is -0.464 e. The molecule has 21 heavy (non-hydrogen) atoms. The summed E-state index contributed by atoms with van der Waals surface area (Å²) in [5.74, 6) is -0.342. The standard InChI is InChI=1S/C15H18ClN3O2/c1-3-21-14(20)15(17-2,12-7-5-4-6-8-12)11-19-10-13(16)9-18-19/h4-10,17H,3,11H2,1-2H3. The number of nitrogens with one attached hydrogen (secondary N) is 1. The van der Waals surface area contributed by atoms with Crippen molar-refractivity contribution < 1.29 is 9.53 Å². The molecule has 0 spiro atoms. The number of benzene rings is 1. The number of esters is 1. The summed E-state index contributed by atoms with van der Waals surface area (Å²) in [6.07, 6.45) is 3.22. The van der Waals surface area contributed by atoms with E-state index in [0.29, 0.717) is 18.2 Å². The molecule has 0 aliphatic carbocycles. The Kier molecular flexibility index (Phi) is 4.98. The first-order valence-corrected chi connectivity index (χ1v) is 7.10. The molecule has 2 rings (SSSR count). The first-order valence-electron chi connectivity index (χ1n) is 6.72. The first-order chi connectivity index (χ1) is 10.1. The maximum absolute atomic E-state index is 12.5. The van der Waals surface area contributed by atoms with Crippen molar-refractivity contribution in [1.82, 2.24) is 15.1 Å². The fraction of sp³-hybridized carbons (Fsp3) is 0.333. The van der Waals surface area contributed by atoms with E-state index in [-0.39, 0.29) is 5.97 Å². The highest BCUT2D eigenvalue weighted by Gasteiger charge is 2.41. The monoisotopic (exact) mass is 307 g/mol. The lowest BCUT2D eigenvalue weighted by atomic mass is 9.90. The lowest BCUT2D eigenvalue weighted by Crippen LogP contribution is -2.51. The molecule has 1 atom stereocenters. The fourth-order valence-corrected chi connectivity index (χ4v) is 2.40. The molecule has 0 saturated heterocycles. The Morgan fingerprint density at radius 3 is 2.67 bits per heavy atom. The van der Waals surface area contributed by atoms with E-state index in [9.17, 15) is 4.79 Å². The molecule has 1 N–H and O–H groups in total. The zero-order valence-electron chi connectivity index (χ0n) is 12.0. The van der Waals surface area contributed by atoms with Crippen LogP contribution in [0.5, 0.6) is 0 Å². The van der Waals surface area contributed by atoms with Gasteiger partial charge in [0.2, 0.25) is 0 Å². The van der Waals surface area contributed by atoms with Gasteiger partial charge in [-0.3, -0.25) is 10.00 Å². The van der Waals surface area contributed by atoms with E-state index < -0.39 is 5.54 Å². The van der Waals surface area contributed by atoms with Crippen LogP contribution >= 0.6 is 11.6 Å². The molecule has 0 bridgehead atoms. The predicted molar refractivity (Wildman–Crippen MR) is 81.0 cm³/mol. The zero-order valence-corrected chi connectivity index (χ0v) is 12.8. The van der Waals surface area contributed by atoms with Gasteiger partial charge in [0.05, 0.1) is 24.4 Å². The van der Waals surface area contributed by atoms with Gasteiger partial charge < -0.3 is 4.74 Å². The highest BCUT2D eigenvalue weighted by atomic mass is 35.5. The number of carbonyl (C=O) groups excluding carboxylic acids is 1. The van der Waals surface area contributed by atoms with Crippen molar-refractivity contribution in [1.29, 1.82) is 0 Å². The van der Waals surface area contributed by atoms with Crippen molar-refractivity contribution in [2.24, 2.45) is 0 Å². The average Bonchev–Trinajstić information content (AvgIpc) is 2.91. The van der Waals surface area contributed by atoms with E-state index in [1.54, 1.807) is 24.9 Å². The quantitative estimate of drug-likeness (QED) is 0.831. The first kappa shape index (κ1) is 15.5. The molecule has 0 aliphatic heterocycles. The van der Waals surface area contributed by atoms with Crippen LogP contribution in [0.3, 0.4) is 0 Å². The van der Waals surface area contributed by atoms with E-state index in [2.05, 4.69) is 10.4 Å². The molecule has 1 aromatic heterocycles. The molecular weight excluding hydrogens is 290 g/mol. The van der Waals surface area contributed by atoms with E-state index in [0.717, 1.165) is 5.56 Å². The third-order valence-corrected chi connectivity index (χ3v) is 3.51. The number of halogens is 1. The van der Waals surface area contributed by atoms with Crippen LogP contribution in [0.15, 0.2) is 42.7 Å². The molecule has 2 aromatic rings. The maximum Gasteiger partial charge on any atom is 0.332 e. The van der Waals surface area contributed by atoms with Gasteiger partial charge in [0.25, 0.3) is 0 Å². The lowest BCUT2D eigenvalue weighted by Gasteiger charge is -2.31. The summed E-state index contributed by atoms with van der Waals surface area (Å²) in [5.41, 5.74) is -0.190. The van der Waals surface area contributed by atoms with E-state index in [1.165, 1.54) is 6.20 Å². The van der Waals surface area contributed by atoms with Crippen LogP contribution < -0.4 is 5.32 Å². The van der Waals surface area contributed by atoms with Gasteiger partial charge in [-0.2, -0.15) is 5.10 Å². The van der Waals surface area contributed by atoms with Crippen LogP contribution in [-0.2, 0) is 21.6 Å². The number of ether oxygens (including phenoxy) is 1. The SMILES string of the molecule is CCOC(=O)C(Cn1cc(Cl)cn1)(NC)c1ccccc1. The van der Waals surface area contributed by atoms with Crippen LogP contribution in [0.2, 0.25) is 5.02 Å². The number of hydrogen-bond acceptors (Lipinski definition) is 4. The van der Waals surface area contributed by atoms with Crippen molar-refractivity contribution in [3.63, 3.8) is 0 Å². The minimum atomic E-state index is -1.01. The Labute approximate surface area is 128 Å². The summed E-state index contributed by atoms with van der Waals surface area (Å²) in [4.78, 5) is 12.5. The molecule has 112 valence electrons. The number of likely N-dealkylation sites (N-methyl/N-ethyl adjacent to an activating group) is 1. The smallest absolute Gasteiger partial charge is 0.332 e. The van der Waals surface area contributed by atoms with Crippen LogP contribution in [0.4, 0.5) is 0 Å². The number of rotatable bonds is 6. The van der Waals surface area contributed by atoms with E-state index in [1.807, 2.05) is 30.3 Å². The average molecular weight is 308 g/mol. The van der Waals surface area contributed by atoms with Gasteiger partial charge in [0.1, 0.15) is 0 Å². The summed E-state index contributed by atoms with van der Waals surface area (Å²) in [6, 6.07) is 9.45. The predicted octanol–water partition coefficient (Wildman–Crippen LogP) is 2.21. The molecule has 0 amide bonds. The highest BCUT2D eigenvalue weighted by Crippen LogP contribution is 2.25. The molecule has 1 aromatic carbocycles. The van der Waals surface area contributed by atoms with Crippen molar-refractivity contribution in [2.45, 2.75) is 19.0 Å². The Balaban J connectivity index is 2.43. The molecule has 0 aliphatic rings. The van der Waals surface area contributed by atoms with Crippen LogP contribution in [0.1, 0.15) is 12.5 Å². The Hall–Kier alpha value is -1.85.